The highest BCUT2D eigenvalue weighted by Gasteiger charge is 2.17. The van der Waals surface area contributed by atoms with E-state index in [4.69, 9.17) is 0 Å². The van der Waals surface area contributed by atoms with E-state index in [1.165, 1.54) is 0 Å². The van der Waals surface area contributed by atoms with E-state index in [9.17, 15) is 9.90 Å². The fraction of sp³-hybridized carbons (Fsp3) is 0.632. The van der Waals surface area contributed by atoms with Crippen molar-refractivity contribution in [2.45, 2.75) is 45.8 Å². The molecule has 2 rings (SSSR count). The molecule has 134 valence electrons. The summed E-state index contributed by atoms with van der Waals surface area (Å²) in [7, 11) is 0. The molecule has 1 heterocycles. The molecule has 0 aromatic heterocycles. The summed E-state index contributed by atoms with van der Waals surface area (Å²) in [5, 5.41) is 12.6. The molecule has 1 aliphatic rings. The topological polar surface area (TPSA) is 55.8 Å². The van der Waals surface area contributed by atoms with E-state index in [1.807, 2.05) is 24.3 Å². The number of benzene rings is 1. The van der Waals surface area contributed by atoms with Gasteiger partial charge in [-0.2, -0.15) is 0 Å². The summed E-state index contributed by atoms with van der Waals surface area (Å²) in [6.07, 6.45) is 1.46. The normalized spacial score (nSPS) is 16.0. The molecule has 1 aromatic rings. The zero-order chi connectivity index (χ0) is 17.5. The number of piperidine rings is 1. The first-order valence-electron chi connectivity index (χ1n) is 9.06. The van der Waals surface area contributed by atoms with Crippen molar-refractivity contribution in [3.05, 3.63) is 29.8 Å². The van der Waals surface area contributed by atoms with Gasteiger partial charge in [-0.25, -0.2) is 0 Å². The highest BCUT2D eigenvalue weighted by Crippen LogP contribution is 2.20. The van der Waals surface area contributed by atoms with E-state index in [1.54, 1.807) is 0 Å². The van der Waals surface area contributed by atoms with Crippen LogP contribution in [0.3, 0.4) is 0 Å². The summed E-state index contributed by atoms with van der Waals surface area (Å²) in [5.41, 5.74) is 1.82. The van der Waals surface area contributed by atoms with Crippen LogP contribution >= 0.6 is 0 Å². The molecule has 1 saturated heterocycles. The Hall–Kier alpha value is -1.59. The van der Waals surface area contributed by atoms with Crippen LogP contribution < -0.4 is 10.2 Å². The second-order valence-corrected chi connectivity index (χ2v) is 6.74. The van der Waals surface area contributed by atoms with E-state index in [0.717, 1.165) is 44.7 Å². The lowest BCUT2D eigenvalue weighted by atomic mass is 10.1. The highest BCUT2D eigenvalue weighted by molar-refractivity contribution is 5.94. The number of hydrogen-bond acceptors (Lipinski definition) is 4. The molecule has 0 unspecified atom stereocenters. The molecule has 0 bridgehead atoms. The Morgan fingerprint density at radius 2 is 1.92 bits per heavy atom. The molecule has 1 aliphatic heterocycles. The molecular weight excluding hydrogens is 302 g/mol. The van der Waals surface area contributed by atoms with Crippen molar-refractivity contribution in [2.75, 3.05) is 37.6 Å². The van der Waals surface area contributed by atoms with Gasteiger partial charge in [-0.1, -0.05) is 6.92 Å². The molecule has 24 heavy (non-hydrogen) atoms. The number of nitrogens with zero attached hydrogens (tertiary/aromatic N) is 2. The summed E-state index contributed by atoms with van der Waals surface area (Å²) in [4.78, 5) is 16.8. The molecule has 0 saturated carbocycles. The molecule has 0 spiro atoms. The Balaban J connectivity index is 1.83. The van der Waals surface area contributed by atoms with Crippen LogP contribution in [-0.4, -0.2) is 60.8 Å². The van der Waals surface area contributed by atoms with Gasteiger partial charge < -0.3 is 15.3 Å². The molecule has 1 aromatic carbocycles. The SMILES string of the molecule is CCN(CCNC(=O)c1ccc(N2CCC(O)CC2)cc1)C(C)C. The van der Waals surface area contributed by atoms with Crippen LogP contribution in [0.5, 0.6) is 0 Å². The summed E-state index contributed by atoms with van der Waals surface area (Å²) in [5.74, 6) is -0.0181. The van der Waals surface area contributed by atoms with Crippen LogP contribution in [0.2, 0.25) is 0 Å². The predicted octanol–water partition coefficient (Wildman–Crippen LogP) is 2.11. The van der Waals surface area contributed by atoms with E-state index >= 15 is 0 Å². The number of likely N-dealkylation sites (N-methyl/N-ethyl adjacent to an activating group) is 1. The third-order valence-electron chi connectivity index (χ3n) is 4.78. The van der Waals surface area contributed by atoms with Crippen molar-refractivity contribution < 1.29 is 9.90 Å². The van der Waals surface area contributed by atoms with Crippen LogP contribution in [0.1, 0.15) is 44.0 Å². The largest absolute Gasteiger partial charge is 0.393 e. The summed E-state index contributed by atoms with van der Waals surface area (Å²) in [6.45, 7) is 10.7. The number of carbonyl (C=O) groups excluding carboxylic acids is 1. The zero-order valence-electron chi connectivity index (χ0n) is 15.2. The molecule has 0 aliphatic carbocycles. The zero-order valence-corrected chi connectivity index (χ0v) is 15.2. The highest BCUT2D eigenvalue weighted by atomic mass is 16.3. The van der Waals surface area contributed by atoms with Crippen molar-refractivity contribution in [1.29, 1.82) is 0 Å². The Bertz CT molecular complexity index is 508. The van der Waals surface area contributed by atoms with E-state index in [0.29, 0.717) is 18.2 Å². The fourth-order valence-electron chi connectivity index (χ4n) is 3.14. The van der Waals surface area contributed by atoms with Gasteiger partial charge in [-0.15, -0.1) is 0 Å². The Morgan fingerprint density at radius 1 is 1.29 bits per heavy atom. The third kappa shape index (κ3) is 5.21. The first-order valence-corrected chi connectivity index (χ1v) is 9.06. The monoisotopic (exact) mass is 333 g/mol. The van der Waals surface area contributed by atoms with Crippen molar-refractivity contribution in [2.24, 2.45) is 0 Å². The van der Waals surface area contributed by atoms with Crippen molar-refractivity contribution in [3.8, 4) is 0 Å². The van der Waals surface area contributed by atoms with Crippen LogP contribution in [0.25, 0.3) is 0 Å². The number of amides is 1. The van der Waals surface area contributed by atoms with E-state index in [-0.39, 0.29) is 12.0 Å². The Morgan fingerprint density at radius 3 is 2.46 bits per heavy atom. The summed E-state index contributed by atoms with van der Waals surface area (Å²) in [6, 6.07) is 8.26. The molecule has 5 nitrogen and oxygen atoms in total. The van der Waals surface area contributed by atoms with Crippen LogP contribution in [0, 0.1) is 0 Å². The summed E-state index contributed by atoms with van der Waals surface area (Å²) < 4.78 is 0. The second-order valence-electron chi connectivity index (χ2n) is 6.74. The van der Waals surface area contributed by atoms with Crippen molar-refractivity contribution in [3.63, 3.8) is 0 Å². The molecule has 2 N–H and O–H groups in total. The standard InChI is InChI=1S/C19H31N3O2/c1-4-21(15(2)3)14-11-20-19(24)16-5-7-17(8-6-16)22-12-9-18(23)10-13-22/h5-8,15,18,23H,4,9-14H2,1-3H3,(H,20,24). The molecule has 5 heteroatoms. The number of nitrogens with one attached hydrogen (secondary N) is 1. The first kappa shape index (κ1) is 18.7. The number of carbonyl (C=O) groups is 1. The minimum absolute atomic E-state index is 0.0181. The maximum atomic E-state index is 12.2. The van der Waals surface area contributed by atoms with Gasteiger partial charge >= 0.3 is 0 Å². The molecule has 0 radical (unpaired) electrons. The maximum absolute atomic E-state index is 12.2. The molecular formula is C19H31N3O2. The third-order valence-corrected chi connectivity index (χ3v) is 4.78. The lowest BCUT2D eigenvalue weighted by molar-refractivity contribution is 0.0946. The Labute approximate surface area is 145 Å². The molecule has 1 amide bonds. The maximum Gasteiger partial charge on any atom is 0.251 e. The second kappa shape index (κ2) is 9.04. The lowest BCUT2D eigenvalue weighted by Crippen LogP contribution is -2.38. The number of hydrogen-bond donors (Lipinski definition) is 2. The minimum Gasteiger partial charge on any atom is -0.393 e. The fourth-order valence-corrected chi connectivity index (χ4v) is 3.14. The van der Waals surface area contributed by atoms with Gasteiger partial charge in [-0.05, 0) is 57.5 Å². The summed E-state index contributed by atoms with van der Waals surface area (Å²) >= 11 is 0. The van der Waals surface area contributed by atoms with Crippen LogP contribution in [-0.2, 0) is 0 Å². The number of anilines is 1. The van der Waals surface area contributed by atoms with Crippen LogP contribution in [0.15, 0.2) is 24.3 Å². The molecule has 0 atom stereocenters. The number of aliphatic hydroxyl groups is 1. The van der Waals surface area contributed by atoms with Gasteiger partial charge in [0.25, 0.3) is 5.91 Å². The average molecular weight is 333 g/mol. The van der Waals surface area contributed by atoms with Gasteiger partial charge in [0.2, 0.25) is 0 Å². The van der Waals surface area contributed by atoms with Crippen molar-refractivity contribution >= 4 is 11.6 Å². The Kier molecular flexibility index (Phi) is 7.06. The van der Waals surface area contributed by atoms with E-state index in [2.05, 4.69) is 35.9 Å². The smallest absolute Gasteiger partial charge is 0.251 e. The van der Waals surface area contributed by atoms with Gasteiger partial charge in [-0.3, -0.25) is 9.69 Å². The quantitative estimate of drug-likeness (QED) is 0.802. The minimum atomic E-state index is -0.167. The lowest BCUT2D eigenvalue weighted by Gasteiger charge is -2.31. The number of rotatable bonds is 7. The average Bonchev–Trinajstić information content (AvgIpc) is 2.59. The number of aliphatic hydroxyl groups excluding tert-OH is 1. The predicted molar refractivity (Wildman–Crippen MR) is 98.6 cm³/mol. The van der Waals surface area contributed by atoms with Gasteiger partial charge in [0, 0.05) is 43.5 Å². The van der Waals surface area contributed by atoms with Gasteiger partial charge in [0.05, 0.1) is 6.10 Å². The van der Waals surface area contributed by atoms with Gasteiger partial charge in [0.1, 0.15) is 0 Å². The van der Waals surface area contributed by atoms with Gasteiger partial charge in [0.15, 0.2) is 0 Å². The van der Waals surface area contributed by atoms with E-state index < -0.39 is 0 Å². The van der Waals surface area contributed by atoms with Crippen molar-refractivity contribution in [1.82, 2.24) is 10.2 Å². The first-order chi connectivity index (χ1) is 11.5. The molecule has 1 fully saturated rings. The van der Waals surface area contributed by atoms with Crippen LogP contribution in [0.4, 0.5) is 5.69 Å².